The number of nitrogens with zero attached hydrogens (tertiary/aromatic N) is 1. The van der Waals surface area contributed by atoms with Crippen LogP contribution in [-0.2, 0) is 6.54 Å². The molecule has 0 radical (unpaired) electrons. The molecule has 0 saturated heterocycles. The number of rotatable bonds is 4. The minimum absolute atomic E-state index is 0.215. The van der Waals surface area contributed by atoms with Crippen molar-refractivity contribution >= 4 is 33.5 Å². The SMILES string of the molecule is CCn1cc(Br)cc1C(=O)Nc1ccc(C(=O)O)c(O)c1. The molecule has 7 heteroatoms. The van der Waals surface area contributed by atoms with E-state index in [0.29, 0.717) is 17.9 Å². The molecule has 3 N–H and O–H groups in total. The van der Waals surface area contributed by atoms with Crippen molar-refractivity contribution < 1.29 is 19.8 Å². The maximum Gasteiger partial charge on any atom is 0.339 e. The maximum atomic E-state index is 12.2. The van der Waals surface area contributed by atoms with E-state index < -0.39 is 11.7 Å². The van der Waals surface area contributed by atoms with Crippen LogP contribution in [0.2, 0.25) is 0 Å². The molecule has 0 bridgehead atoms. The number of aromatic hydroxyl groups is 1. The fourth-order valence-corrected chi connectivity index (χ4v) is 2.38. The van der Waals surface area contributed by atoms with Gasteiger partial charge in [0.15, 0.2) is 0 Å². The number of halogens is 1. The number of benzene rings is 1. The quantitative estimate of drug-likeness (QED) is 0.788. The Bertz CT molecular complexity index is 709. The van der Waals surface area contributed by atoms with Gasteiger partial charge in [0.25, 0.3) is 5.91 Å². The van der Waals surface area contributed by atoms with Crippen LogP contribution < -0.4 is 5.32 Å². The zero-order valence-electron chi connectivity index (χ0n) is 11.1. The van der Waals surface area contributed by atoms with Crippen LogP contribution >= 0.6 is 15.9 Å². The van der Waals surface area contributed by atoms with Crippen LogP contribution in [0.25, 0.3) is 0 Å². The van der Waals surface area contributed by atoms with Gasteiger partial charge in [0, 0.05) is 29.0 Å². The van der Waals surface area contributed by atoms with Gasteiger partial charge in [-0.2, -0.15) is 0 Å². The molecule has 0 aliphatic carbocycles. The molecule has 0 unspecified atom stereocenters. The summed E-state index contributed by atoms with van der Waals surface area (Å²) in [5.41, 5.74) is 0.571. The standard InChI is InChI=1S/C14H13BrN2O4/c1-2-17-7-8(15)5-11(17)13(19)16-9-3-4-10(14(20)21)12(18)6-9/h3-7,18H,2H2,1H3,(H,16,19)(H,20,21). The molecule has 1 aromatic heterocycles. The lowest BCUT2D eigenvalue weighted by molar-refractivity contribution is 0.0693. The molecule has 0 aliphatic rings. The molecule has 21 heavy (non-hydrogen) atoms. The van der Waals surface area contributed by atoms with Crippen molar-refractivity contribution in [3.05, 3.63) is 46.2 Å². The first-order chi connectivity index (χ1) is 9.92. The van der Waals surface area contributed by atoms with Gasteiger partial charge in [0.05, 0.1) is 0 Å². The van der Waals surface area contributed by atoms with E-state index in [2.05, 4.69) is 21.2 Å². The number of phenols is 1. The van der Waals surface area contributed by atoms with Crippen molar-refractivity contribution in [3.63, 3.8) is 0 Å². The van der Waals surface area contributed by atoms with Crippen molar-refractivity contribution in [2.75, 3.05) is 5.32 Å². The Hall–Kier alpha value is -2.28. The van der Waals surface area contributed by atoms with Crippen molar-refractivity contribution in [2.45, 2.75) is 13.5 Å². The number of hydrogen-bond donors (Lipinski definition) is 3. The Balaban J connectivity index is 2.23. The van der Waals surface area contributed by atoms with Gasteiger partial charge in [-0.1, -0.05) is 0 Å². The van der Waals surface area contributed by atoms with Crippen LogP contribution in [0.1, 0.15) is 27.8 Å². The summed E-state index contributed by atoms with van der Waals surface area (Å²) in [5, 5.41) is 21.1. The van der Waals surface area contributed by atoms with Gasteiger partial charge in [-0.25, -0.2) is 4.79 Å². The van der Waals surface area contributed by atoms with Crippen LogP contribution in [0.4, 0.5) is 5.69 Å². The second kappa shape index (κ2) is 6.01. The summed E-state index contributed by atoms with van der Waals surface area (Å²) in [4.78, 5) is 23.0. The van der Waals surface area contributed by atoms with Crippen LogP contribution in [-0.4, -0.2) is 26.7 Å². The summed E-state index contributed by atoms with van der Waals surface area (Å²) in [6.07, 6.45) is 1.79. The zero-order valence-corrected chi connectivity index (χ0v) is 12.7. The highest BCUT2D eigenvalue weighted by atomic mass is 79.9. The Labute approximate surface area is 129 Å². The molecule has 0 saturated carbocycles. The number of nitrogens with one attached hydrogen (secondary N) is 1. The minimum atomic E-state index is -1.23. The summed E-state index contributed by atoms with van der Waals surface area (Å²) >= 11 is 3.31. The minimum Gasteiger partial charge on any atom is -0.507 e. The first-order valence-corrected chi connectivity index (χ1v) is 6.95. The van der Waals surface area contributed by atoms with Crippen LogP contribution in [0.5, 0.6) is 5.75 Å². The van der Waals surface area contributed by atoms with Crippen molar-refractivity contribution in [3.8, 4) is 5.75 Å². The predicted molar refractivity (Wildman–Crippen MR) is 80.8 cm³/mol. The normalized spacial score (nSPS) is 10.4. The third kappa shape index (κ3) is 3.25. The molecule has 0 fully saturated rings. The highest BCUT2D eigenvalue weighted by molar-refractivity contribution is 9.10. The molecule has 2 aromatic rings. The summed E-state index contributed by atoms with van der Waals surface area (Å²) in [6, 6.07) is 5.55. The number of carboxylic acid groups (broad SMARTS) is 1. The molecule has 1 heterocycles. The van der Waals surface area contributed by atoms with Crippen molar-refractivity contribution in [1.29, 1.82) is 0 Å². The van der Waals surface area contributed by atoms with Gasteiger partial charge in [0.2, 0.25) is 0 Å². The topological polar surface area (TPSA) is 91.6 Å². The molecule has 1 aromatic carbocycles. The first kappa shape index (κ1) is 15.1. The van der Waals surface area contributed by atoms with E-state index in [1.54, 1.807) is 16.8 Å². The number of aromatic carboxylic acids is 1. The number of carbonyl (C=O) groups is 2. The number of carbonyl (C=O) groups excluding carboxylic acids is 1. The molecular weight excluding hydrogens is 340 g/mol. The molecule has 6 nitrogen and oxygen atoms in total. The fourth-order valence-electron chi connectivity index (χ4n) is 1.91. The van der Waals surface area contributed by atoms with E-state index in [1.165, 1.54) is 18.2 Å². The highest BCUT2D eigenvalue weighted by Gasteiger charge is 2.14. The Morgan fingerprint density at radius 2 is 2.05 bits per heavy atom. The Kier molecular flexibility index (Phi) is 4.32. The van der Waals surface area contributed by atoms with Gasteiger partial charge in [-0.05, 0) is 41.1 Å². The molecule has 2 rings (SSSR count). The lowest BCUT2D eigenvalue weighted by Crippen LogP contribution is -2.16. The van der Waals surface area contributed by atoms with Gasteiger partial charge < -0.3 is 20.1 Å². The van der Waals surface area contributed by atoms with Crippen LogP contribution in [0.3, 0.4) is 0 Å². The van der Waals surface area contributed by atoms with Gasteiger partial charge >= 0.3 is 5.97 Å². The molecular formula is C14H13BrN2O4. The molecule has 0 atom stereocenters. The molecule has 110 valence electrons. The van der Waals surface area contributed by atoms with Crippen molar-refractivity contribution in [1.82, 2.24) is 4.57 Å². The largest absolute Gasteiger partial charge is 0.507 e. The zero-order chi connectivity index (χ0) is 15.6. The van der Waals surface area contributed by atoms with E-state index in [1.807, 2.05) is 6.92 Å². The van der Waals surface area contributed by atoms with E-state index in [0.717, 1.165) is 4.47 Å². The van der Waals surface area contributed by atoms with E-state index in [-0.39, 0.29) is 11.5 Å². The number of aryl methyl sites for hydroxylation is 1. The Morgan fingerprint density at radius 3 is 2.62 bits per heavy atom. The van der Waals surface area contributed by atoms with Crippen LogP contribution in [0, 0.1) is 0 Å². The average molecular weight is 353 g/mol. The van der Waals surface area contributed by atoms with E-state index >= 15 is 0 Å². The number of hydrogen-bond acceptors (Lipinski definition) is 3. The summed E-state index contributed by atoms with van der Waals surface area (Å²) in [5.74, 6) is -1.97. The second-order valence-corrected chi connectivity index (χ2v) is 5.24. The van der Waals surface area contributed by atoms with Crippen molar-refractivity contribution in [2.24, 2.45) is 0 Å². The van der Waals surface area contributed by atoms with Crippen LogP contribution in [0.15, 0.2) is 34.9 Å². The lowest BCUT2D eigenvalue weighted by atomic mass is 10.2. The smallest absolute Gasteiger partial charge is 0.339 e. The first-order valence-electron chi connectivity index (χ1n) is 6.15. The number of amides is 1. The van der Waals surface area contributed by atoms with Gasteiger partial charge in [0.1, 0.15) is 17.0 Å². The number of aromatic nitrogens is 1. The summed E-state index contributed by atoms with van der Waals surface area (Å²) < 4.78 is 2.56. The average Bonchev–Trinajstić information content (AvgIpc) is 2.79. The third-order valence-electron chi connectivity index (χ3n) is 2.92. The lowest BCUT2D eigenvalue weighted by Gasteiger charge is -2.09. The molecule has 0 spiro atoms. The fraction of sp³-hybridized carbons (Fsp3) is 0.143. The summed E-state index contributed by atoms with van der Waals surface area (Å²) in [7, 11) is 0. The predicted octanol–water partition coefficient (Wildman–Crippen LogP) is 2.93. The maximum absolute atomic E-state index is 12.2. The summed E-state index contributed by atoms with van der Waals surface area (Å²) in [6.45, 7) is 2.55. The van der Waals surface area contributed by atoms with E-state index in [4.69, 9.17) is 5.11 Å². The Morgan fingerprint density at radius 1 is 1.33 bits per heavy atom. The number of carboxylic acids is 1. The molecule has 1 amide bonds. The van der Waals surface area contributed by atoms with E-state index in [9.17, 15) is 14.7 Å². The molecule has 0 aliphatic heterocycles. The third-order valence-corrected chi connectivity index (χ3v) is 3.36. The number of anilines is 1. The highest BCUT2D eigenvalue weighted by Crippen LogP contribution is 2.23. The van der Waals surface area contributed by atoms with Gasteiger partial charge in [-0.3, -0.25) is 4.79 Å². The van der Waals surface area contributed by atoms with Gasteiger partial charge in [-0.15, -0.1) is 0 Å². The second-order valence-electron chi connectivity index (χ2n) is 4.32. The monoisotopic (exact) mass is 352 g/mol.